The molecule has 0 spiro atoms. The van der Waals surface area contributed by atoms with Crippen LogP contribution >= 0.6 is 12.2 Å². The molecule has 0 heterocycles. The Hall–Kier alpha value is -2.02. The maximum atomic E-state index is 10.7. The maximum absolute atomic E-state index is 10.7. The van der Waals surface area contributed by atoms with Crippen molar-refractivity contribution in [3.05, 3.63) is 33.9 Å². The average molecular weight is 253 g/mol. The molecule has 0 bridgehead atoms. The fourth-order valence-corrected chi connectivity index (χ4v) is 1.47. The third-order valence-electron chi connectivity index (χ3n) is 1.96. The van der Waals surface area contributed by atoms with Gasteiger partial charge in [-0.25, -0.2) is 0 Å². The molecule has 17 heavy (non-hydrogen) atoms. The van der Waals surface area contributed by atoms with E-state index in [1.54, 1.807) is 13.0 Å². The Morgan fingerprint density at radius 3 is 2.59 bits per heavy atom. The van der Waals surface area contributed by atoms with E-state index in [9.17, 15) is 14.9 Å². The standard InChI is InChI=1S/C10H11N3O3S/c1-6-5-8(13(15)16)3-4-9(6)12-10(17)11-7(2)14/h3-5H,1-2H3,(H2,11,12,14,17). The zero-order valence-electron chi connectivity index (χ0n) is 9.31. The van der Waals surface area contributed by atoms with E-state index in [0.29, 0.717) is 11.3 Å². The lowest BCUT2D eigenvalue weighted by molar-refractivity contribution is -0.384. The van der Waals surface area contributed by atoms with E-state index < -0.39 is 4.92 Å². The van der Waals surface area contributed by atoms with E-state index in [0.717, 1.165) is 0 Å². The number of hydrogen-bond donors (Lipinski definition) is 2. The molecular weight excluding hydrogens is 242 g/mol. The molecule has 1 amide bonds. The van der Waals surface area contributed by atoms with Crippen LogP contribution < -0.4 is 10.6 Å². The minimum absolute atomic E-state index is 0.0125. The number of hydrogen-bond acceptors (Lipinski definition) is 4. The van der Waals surface area contributed by atoms with Crippen LogP contribution in [-0.4, -0.2) is 15.9 Å². The Bertz CT molecular complexity index is 488. The van der Waals surface area contributed by atoms with E-state index in [4.69, 9.17) is 12.2 Å². The molecule has 1 aromatic carbocycles. The molecule has 0 saturated carbocycles. The molecule has 6 nitrogen and oxygen atoms in total. The summed E-state index contributed by atoms with van der Waals surface area (Å²) in [5.41, 5.74) is 1.31. The van der Waals surface area contributed by atoms with Crippen LogP contribution in [0.5, 0.6) is 0 Å². The van der Waals surface area contributed by atoms with Crippen molar-refractivity contribution in [2.75, 3.05) is 5.32 Å². The van der Waals surface area contributed by atoms with E-state index in [2.05, 4.69) is 10.6 Å². The monoisotopic (exact) mass is 253 g/mol. The van der Waals surface area contributed by atoms with Crippen LogP contribution in [0.15, 0.2) is 18.2 Å². The molecule has 2 N–H and O–H groups in total. The number of anilines is 1. The Balaban J connectivity index is 2.83. The molecule has 0 aliphatic rings. The summed E-state index contributed by atoms with van der Waals surface area (Å²) < 4.78 is 0. The van der Waals surface area contributed by atoms with Crippen molar-refractivity contribution in [3.8, 4) is 0 Å². The number of amides is 1. The zero-order valence-corrected chi connectivity index (χ0v) is 10.1. The first-order valence-corrected chi connectivity index (χ1v) is 5.14. The van der Waals surface area contributed by atoms with E-state index >= 15 is 0 Å². The second-order valence-electron chi connectivity index (χ2n) is 3.39. The van der Waals surface area contributed by atoms with E-state index in [1.165, 1.54) is 19.1 Å². The van der Waals surface area contributed by atoms with Gasteiger partial charge in [-0.05, 0) is 30.8 Å². The van der Waals surface area contributed by atoms with Crippen molar-refractivity contribution >= 4 is 34.6 Å². The molecule has 0 aromatic heterocycles. The molecule has 0 radical (unpaired) electrons. The van der Waals surface area contributed by atoms with Gasteiger partial charge in [-0.2, -0.15) is 0 Å². The summed E-state index contributed by atoms with van der Waals surface area (Å²) in [7, 11) is 0. The molecule has 0 aliphatic carbocycles. The summed E-state index contributed by atoms with van der Waals surface area (Å²) in [6, 6.07) is 4.34. The summed E-state index contributed by atoms with van der Waals surface area (Å²) in [5.74, 6) is -0.276. The number of non-ortho nitro benzene ring substituents is 1. The highest BCUT2D eigenvalue weighted by Crippen LogP contribution is 2.20. The average Bonchev–Trinajstić information content (AvgIpc) is 2.19. The van der Waals surface area contributed by atoms with Crippen LogP contribution in [0.2, 0.25) is 0 Å². The molecule has 7 heteroatoms. The second-order valence-corrected chi connectivity index (χ2v) is 3.80. The van der Waals surface area contributed by atoms with Gasteiger partial charge in [-0.15, -0.1) is 0 Å². The number of nitrogens with one attached hydrogen (secondary N) is 2. The summed E-state index contributed by atoms with van der Waals surface area (Å²) in [5, 5.41) is 15.9. The smallest absolute Gasteiger partial charge is 0.269 e. The third kappa shape index (κ3) is 3.80. The fraction of sp³-hybridized carbons (Fsp3) is 0.200. The van der Waals surface area contributed by atoms with Gasteiger partial charge < -0.3 is 10.6 Å². The van der Waals surface area contributed by atoms with Crippen LogP contribution in [0.4, 0.5) is 11.4 Å². The zero-order chi connectivity index (χ0) is 13.0. The summed E-state index contributed by atoms with van der Waals surface area (Å²) in [4.78, 5) is 20.8. The van der Waals surface area contributed by atoms with Crippen molar-refractivity contribution in [1.82, 2.24) is 5.32 Å². The third-order valence-corrected chi connectivity index (χ3v) is 2.16. The number of thiocarbonyl (C=S) groups is 1. The molecule has 0 saturated heterocycles. The highest BCUT2D eigenvalue weighted by Gasteiger charge is 2.09. The first kappa shape index (κ1) is 13.0. The number of nitrogens with zero attached hydrogens (tertiary/aromatic N) is 1. The molecule has 0 aliphatic heterocycles. The van der Waals surface area contributed by atoms with Crippen molar-refractivity contribution in [3.63, 3.8) is 0 Å². The molecular formula is C10H11N3O3S. The summed E-state index contributed by atoms with van der Waals surface area (Å²) in [6.45, 7) is 3.06. The fourth-order valence-electron chi connectivity index (χ4n) is 1.22. The molecule has 90 valence electrons. The number of nitro benzene ring substituents is 1. The van der Waals surface area contributed by atoms with Gasteiger partial charge in [-0.3, -0.25) is 14.9 Å². The maximum Gasteiger partial charge on any atom is 0.269 e. The number of rotatable bonds is 2. The summed E-state index contributed by atoms with van der Waals surface area (Å²) in [6.07, 6.45) is 0. The lowest BCUT2D eigenvalue weighted by Crippen LogP contribution is -2.32. The Kier molecular flexibility index (Phi) is 4.11. The van der Waals surface area contributed by atoms with Crippen LogP contribution in [0, 0.1) is 17.0 Å². The predicted molar refractivity (Wildman–Crippen MR) is 67.9 cm³/mol. The normalized spacial score (nSPS) is 9.53. The first-order valence-electron chi connectivity index (χ1n) is 4.74. The second kappa shape index (κ2) is 5.35. The number of nitro groups is 1. The van der Waals surface area contributed by atoms with Crippen LogP contribution in [0.1, 0.15) is 12.5 Å². The minimum Gasteiger partial charge on any atom is -0.332 e. The van der Waals surface area contributed by atoms with E-state index in [-0.39, 0.29) is 16.7 Å². The number of carbonyl (C=O) groups is 1. The largest absolute Gasteiger partial charge is 0.332 e. The molecule has 1 aromatic rings. The minimum atomic E-state index is -0.469. The Morgan fingerprint density at radius 2 is 2.12 bits per heavy atom. The number of carbonyl (C=O) groups excluding carboxylic acids is 1. The highest BCUT2D eigenvalue weighted by atomic mass is 32.1. The van der Waals surface area contributed by atoms with Crippen LogP contribution in [-0.2, 0) is 4.79 Å². The van der Waals surface area contributed by atoms with Gasteiger partial charge in [0.15, 0.2) is 5.11 Å². The number of aryl methyl sites for hydroxylation is 1. The molecule has 1 rings (SSSR count). The van der Waals surface area contributed by atoms with Gasteiger partial charge in [0.25, 0.3) is 5.69 Å². The van der Waals surface area contributed by atoms with Crippen molar-refractivity contribution < 1.29 is 9.72 Å². The van der Waals surface area contributed by atoms with Crippen LogP contribution in [0.3, 0.4) is 0 Å². The number of benzene rings is 1. The van der Waals surface area contributed by atoms with Gasteiger partial charge in [0.05, 0.1) is 4.92 Å². The quantitative estimate of drug-likeness (QED) is 0.476. The topological polar surface area (TPSA) is 84.3 Å². The molecule has 0 fully saturated rings. The Morgan fingerprint density at radius 1 is 1.47 bits per heavy atom. The van der Waals surface area contributed by atoms with Crippen molar-refractivity contribution in [1.29, 1.82) is 0 Å². The first-order chi connectivity index (χ1) is 7.90. The van der Waals surface area contributed by atoms with Gasteiger partial charge >= 0.3 is 0 Å². The van der Waals surface area contributed by atoms with Gasteiger partial charge in [-0.1, -0.05) is 0 Å². The lowest BCUT2D eigenvalue weighted by atomic mass is 10.2. The van der Waals surface area contributed by atoms with Gasteiger partial charge in [0.1, 0.15) is 0 Å². The van der Waals surface area contributed by atoms with Crippen molar-refractivity contribution in [2.24, 2.45) is 0 Å². The van der Waals surface area contributed by atoms with Crippen molar-refractivity contribution in [2.45, 2.75) is 13.8 Å². The Labute approximate surface area is 103 Å². The summed E-state index contributed by atoms with van der Waals surface area (Å²) >= 11 is 4.88. The van der Waals surface area contributed by atoms with Gasteiger partial charge in [0.2, 0.25) is 5.91 Å². The lowest BCUT2D eigenvalue weighted by Gasteiger charge is -2.10. The van der Waals surface area contributed by atoms with Crippen LogP contribution in [0.25, 0.3) is 0 Å². The highest BCUT2D eigenvalue weighted by molar-refractivity contribution is 7.80. The molecule has 0 unspecified atom stereocenters. The van der Waals surface area contributed by atoms with Gasteiger partial charge in [0, 0.05) is 24.7 Å². The van der Waals surface area contributed by atoms with E-state index in [1.807, 2.05) is 0 Å². The molecule has 0 atom stereocenters. The SMILES string of the molecule is CC(=O)NC(=S)Nc1ccc([N+](=O)[O-])cc1C. The predicted octanol–water partition coefficient (Wildman–Crippen LogP) is 1.74.